The molecule has 0 aliphatic carbocycles. The summed E-state index contributed by atoms with van der Waals surface area (Å²) in [5.41, 5.74) is 5.93. The number of hydrogen-bond acceptors (Lipinski definition) is 3. The highest BCUT2D eigenvalue weighted by Gasteiger charge is 2.17. The molecule has 0 radical (unpaired) electrons. The number of rotatable bonds is 5. The van der Waals surface area contributed by atoms with Crippen LogP contribution < -0.4 is 5.32 Å². The lowest BCUT2D eigenvalue weighted by atomic mass is 10.1. The molecule has 1 aromatic heterocycles. The first-order chi connectivity index (χ1) is 16.1. The van der Waals surface area contributed by atoms with Crippen LogP contribution in [0.3, 0.4) is 0 Å². The second-order valence-corrected chi connectivity index (χ2v) is 9.62. The number of nitrogens with zero attached hydrogens (tertiary/aromatic N) is 1. The van der Waals surface area contributed by atoms with E-state index in [1.165, 1.54) is 0 Å². The van der Waals surface area contributed by atoms with E-state index in [1.54, 1.807) is 30.3 Å². The van der Waals surface area contributed by atoms with E-state index in [1.807, 2.05) is 57.2 Å². The number of fused-ring (bicyclic) bond motifs is 1. The topological polar surface area (TPSA) is 74.5 Å². The summed E-state index contributed by atoms with van der Waals surface area (Å²) in [5.74, 6) is 0.339. The Morgan fingerprint density at radius 2 is 1.59 bits per heavy atom. The number of phenolic OH excluding ortho intramolecular Hbond substituents is 2. The first-order valence-corrected chi connectivity index (χ1v) is 11.3. The molecule has 4 aromatic rings. The highest BCUT2D eigenvalue weighted by molar-refractivity contribution is 5.93. The highest BCUT2D eigenvalue weighted by atomic mass is 16.3. The predicted molar refractivity (Wildman–Crippen MR) is 138 cm³/mol. The third-order valence-electron chi connectivity index (χ3n) is 5.69. The molecule has 0 spiro atoms. The summed E-state index contributed by atoms with van der Waals surface area (Å²) in [5, 5.41) is 23.7. The second kappa shape index (κ2) is 9.10. The Kier molecular flexibility index (Phi) is 6.20. The Bertz CT molecular complexity index is 1360. The summed E-state index contributed by atoms with van der Waals surface area (Å²) >= 11 is 0. The first kappa shape index (κ1) is 23.2. The van der Waals surface area contributed by atoms with Gasteiger partial charge in [0.2, 0.25) is 5.91 Å². The maximum absolute atomic E-state index is 12.0. The van der Waals surface area contributed by atoms with Crippen molar-refractivity contribution < 1.29 is 15.0 Å². The summed E-state index contributed by atoms with van der Waals surface area (Å²) in [4.78, 5) is 12.0. The molecule has 5 nitrogen and oxygen atoms in total. The predicted octanol–water partition coefficient (Wildman–Crippen LogP) is 6.00. The molecule has 1 heterocycles. The van der Waals surface area contributed by atoms with Gasteiger partial charge in [-0.1, -0.05) is 24.3 Å². The molecule has 0 saturated heterocycles. The van der Waals surface area contributed by atoms with E-state index in [0.717, 1.165) is 38.9 Å². The van der Waals surface area contributed by atoms with Crippen molar-refractivity contribution in [2.75, 3.05) is 0 Å². The van der Waals surface area contributed by atoms with Crippen molar-refractivity contribution in [3.8, 4) is 22.8 Å². The molecule has 0 aliphatic rings. The molecule has 1 amide bonds. The van der Waals surface area contributed by atoms with E-state index in [4.69, 9.17) is 0 Å². The number of hydrogen-bond donors (Lipinski definition) is 3. The average Bonchev–Trinajstić information content (AvgIpc) is 3.03. The highest BCUT2D eigenvalue weighted by Crippen LogP contribution is 2.36. The number of aryl methyl sites for hydroxylation is 1. The minimum absolute atomic E-state index is 0.118. The van der Waals surface area contributed by atoms with E-state index >= 15 is 0 Å². The van der Waals surface area contributed by atoms with Crippen molar-refractivity contribution in [3.63, 3.8) is 0 Å². The smallest absolute Gasteiger partial charge is 0.244 e. The van der Waals surface area contributed by atoms with Crippen molar-refractivity contribution in [2.45, 2.75) is 39.8 Å². The molecular formula is C29H30N2O3. The minimum atomic E-state index is -0.269. The van der Waals surface area contributed by atoms with Gasteiger partial charge >= 0.3 is 0 Å². The summed E-state index contributed by atoms with van der Waals surface area (Å²) < 4.78 is 2.23. The molecule has 3 N–H and O–H groups in total. The Morgan fingerprint density at radius 1 is 0.941 bits per heavy atom. The van der Waals surface area contributed by atoms with E-state index in [0.29, 0.717) is 6.54 Å². The molecule has 0 atom stereocenters. The summed E-state index contributed by atoms with van der Waals surface area (Å²) in [7, 11) is 0. The van der Waals surface area contributed by atoms with E-state index in [-0.39, 0.29) is 22.9 Å². The molecule has 4 rings (SSSR count). The molecule has 5 heteroatoms. The van der Waals surface area contributed by atoms with Crippen molar-refractivity contribution in [2.24, 2.45) is 0 Å². The van der Waals surface area contributed by atoms with E-state index < -0.39 is 0 Å². The molecule has 0 bridgehead atoms. The molecule has 0 fully saturated rings. The van der Waals surface area contributed by atoms with Gasteiger partial charge in [0.15, 0.2) is 0 Å². The number of amides is 1. The lowest BCUT2D eigenvalue weighted by Crippen LogP contribution is -2.39. The monoisotopic (exact) mass is 454 g/mol. The fourth-order valence-corrected chi connectivity index (χ4v) is 4.17. The van der Waals surface area contributed by atoms with E-state index in [9.17, 15) is 15.0 Å². The molecule has 0 aliphatic heterocycles. The van der Waals surface area contributed by atoms with Gasteiger partial charge in [0.05, 0.1) is 5.69 Å². The van der Waals surface area contributed by atoms with Crippen LogP contribution in [0.1, 0.15) is 37.5 Å². The van der Waals surface area contributed by atoms with Crippen LogP contribution in [0.25, 0.3) is 28.2 Å². The fourth-order valence-electron chi connectivity index (χ4n) is 4.17. The van der Waals surface area contributed by atoms with Crippen LogP contribution in [0.2, 0.25) is 0 Å². The molecule has 174 valence electrons. The van der Waals surface area contributed by atoms with Crippen LogP contribution in [-0.2, 0) is 11.3 Å². The Labute approximate surface area is 200 Å². The normalized spacial score (nSPS) is 11.9. The standard InChI is InChI=1S/C29H30N2O3/c1-19-25-17-24(33)14-15-26(25)31(28(19)22-10-12-23(32)13-11-22)18-21-7-5-20(6-8-21)9-16-27(34)30-29(2,3)4/h5-17,32-33H,18H2,1-4H3,(H,30,34)/b16-9+. The first-order valence-electron chi connectivity index (χ1n) is 11.3. The number of aromatic nitrogens is 1. The van der Waals surface area contributed by atoms with Gasteiger partial charge in [-0.05, 0) is 98.5 Å². The molecule has 0 saturated carbocycles. The quantitative estimate of drug-likeness (QED) is 0.324. The molecule has 0 unspecified atom stereocenters. The number of benzene rings is 3. The zero-order valence-corrected chi connectivity index (χ0v) is 20.0. The average molecular weight is 455 g/mol. The van der Waals surface area contributed by atoms with Crippen LogP contribution in [0.5, 0.6) is 11.5 Å². The number of aromatic hydroxyl groups is 2. The SMILES string of the molecule is Cc1c(-c2ccc(O)cc2)n(Cc2ccc(/C=C/C(=O)NC(C)(C)C)cc2)c2ccc(O)cc12. The number of carbonyl (C=O) groups is 1. The second-order valence-electron chi connectivity index (χ2n) is 9.62. The number of nitrogens with one attached hydrogen (secondary N) is 1. The van der Waals surface area contributed by atoms with Gasteiger partial charge in [-0.3, -0.25) is 4.79 Å². The summed E-state index contributed by atoms with van der Waals surface area (Å²) in [6.07, 6.45) is 3.36. The zero-order chi connectivity index (χ0) is 24.5. The summed E-state index contributed by atoms with van der Waals surface area (Å²) in [6, 6.07) is 20.7. The Hall–Kier alpha value is -3.99. The Balaban J connectivity index is 1.66. The Morgan fingerprint density at radius 3 is 2.24 bits per heavy atom. The summed E-state index contributed by atoms with van der Waals surface area (Å²) in [6.45, 7) is 8.55. The molecule has 34 heavy (non-hydrogen) atoms. The van der Waals surface area contributed by atoms with E-state index in [2.05, 4.69) is 28.9 Å². The van der Waals surface area contributed by atoms with Gasteiger partial charge < -0.3 is 20.1 Å². The van der Waals surface area contributed by atoms with Gasteiger partial charge in [0, 0.05) is 29.1 Å². The molecular weight excluding hydrogens is 424 g/mol. The van der Waals surface area contributed by atoms with Crippen LogP contribution in [0, 0.1) is 6.92 Å². The fraction of sp³-hybridized carbons (Fsp3) is 0.207. The van der Waals surface area contributed by atoms with Gasteiger partial charge in [0.25, 0.3) is 0 Å². The lowest BCUT2D eigenvalue weighted by molar-refractivity contribution is -0.117. The van der Waals surface area contributed by atoms with Gasteiger partial charge in [-0.2, -0.15) is 0 Å². The third-order valence-corrected chi connectivity index (χ3v) is 5.69. The maximum atomic E-state index is 12.0. The van der Waals surface area contributed by atoms with Crippen LogP contribution >= 0.6 is 0 Å². The number of carbonyl (C=O) groups excluding carboxylic acids is 1. The van der Waals surface area contributed by atoms with Gasteiger partial charge in [0.1, 0.15) is 11.5 Å². The van der Waals surface area contributed by atoms with Crippen molar-refractivity contribution in [1.29, 1.82) is 0 Å². The maximum Gasteiger partial charge on any atom is 0.244 e. The van der Waals surface area contributed by atoms with Crippen molar-refractivity contribution in [3.05, 3.63) is 89.5 Å². The zero-order valence-electron chi connectivity index (χ0n) is 20.0. The lowest BCUT2D eigenvalue weighted by Gasteiger charge is -2.18. The third kappa shape index (κ3) is 5.15. The van der Waals surface area contributed by atoms with Crippen LogP contribution in [-0.4, -0.2) is 26.2 Å². The van der Waals surface area contributed by atoms with Crippen molar-refractivity contribution >= 4 is 22.9 Å². The largest absolute Gasteiger partial charge is 0.508 e. The molecule has 3 aromatic carbocycles. The van der Waals surface area contributed by atoms with Crippen molar-refractivity contribution in [1.82, 2.24) is 9.88 Å². The van der Waals surface area contributed by atoms with Gasteiger partial charge in [-0.25, -0.2) is 0 Å². The van der Waals surface area contributed by atoms with Crippen LogP contribution in [0.4, 0.5) is 0 Å². The van der Waals surface area contributed by atoms with Gasteiger partial charge in [-0.15, -0.1) is 0 Å². The number of phenols is 2. The van der Waals surface area contributed by atoms with Crippen LogP contribution in [0.15, 0.2) is 72.8 Å². The minimum Gasteiger partial charge on any atom is -0.508 e.